The first-order valence-corrected chi connectivity index (χ1v) is 10.8. The number of nitrogens with two attached hydrogens (primary N) is 1. The molecule has 2 unspecified atom stereocenters. The molecule has 0 bridgehead atoms. The maximum atomic E-state index is 10.2. The first kappa shape index (κ1) is 23.0. The average Bonchev–Trinajstić information content (AvgIpc) is 3.61. The number of ketones is 1. The van der Waals surface area contributed by atoms with Crippen LogP contribution in [-0.4, -0.2) is 11.5 Å². The van der Waals surface area contributed by atoms with E-state index in [1.54, 1.807) is 6.92 Å². The Hall–Kier alpha value is -2.26. The van der Waals surface area contributed by atoms with E-state index >= 15 is 0 Å². The zero-order valence-corrected chi connectivity index (χ0v) is 18.3. The van der Waals surface area contributed by atoms with Crippen LogP contribution in [-0.2, 0) is 4.79 Å². The molecule has 156 valence electrons. The van der Waals surface area contributed by atoms with Crippen LogP contribution in [0.15, 0.2) is 65.7 Å². The molecule has 2 aliphatic carbocycles. The van der Waals surface area contributed by atoms with Crippen LogP contribution in [0.4, 0.5) is 0 Å². The fraction of sp³-hybridized carbons (Fsp3) is 0.462. The van der Waals surface area contributed by atoms with Crippen LogP contribution in [0.2, 0.25) is 0 Å². The summed E-state index contributed by atoms with van der Waals surface area (Å²) in [7, 11) is 0. The van der Waals surface area contributed by atoms with Crippen LogP contribution in [0, 0.1) is 11.8 Å². The second-order valence-electron chi connectivity index (χ2n) is 8.22. The summed E-state index contributed by atoms with van der Waals surface area (Å²) in [5.74, 6) is 1.63. The molecular weight excluding hydrogens is 356 g/mol. The summed E-state index contributed by atoms with van der Waals surface area (Å²) >= 11 is 0. The van der Waals surface area contributed by atoms with Gasteiger partial charge in [0.05, 0.1) is 6.04 Å². The van der Waals surface area contributed by atoms with E-state index in [1.165, 1.54) is 29.7 Å². The van der Waals surface area contributed by atoms with Gasteiger partial charge in [-0.25, -0.2) is 0 Å². The Morgan fingerprint density at radius 1 is 0.828 bits per heavy atom. The van der Waals surface area contributed by atoms with Crippen LogP contribution in [0.3, 0.4) is 0 Å². The van der Waals surface area contributed by atoms with E-state index < -0.39 is 0 Å². The van der Waals surface area contributed by atoms with Crippen molar-refractivity contribution in [3.05, 3.63) is 71.8 Å². The third kappa shape index (κ3) is 9.19. The molecule has 2 saturated carbocycles. The van der Waals surface area contributed by atoms with Crippen LogP contribution >= 0.6 is 0 Å². The molecule has 2 N–H and O–H groups in total. The van der Waals surface area contributed by atoms with Gasteiger partial charge in [-0.15, -0.1) is 0 Å². The number of nitrogens with zero attached hydrogens (tertiary/aromatic N) is 1. The Bertz CT molecular complexity index is 760. The highest BCUT2D eigenvalue weighted by Crippen LogP contribution is 2.32. The Balaban J connectivity index is 0.000000171. The van der Waals surface area contributed by atoms with Gasteiger partial charge in [0.15, 0.2) is 0 Å². The molecular formula is C26H36N2O. The summed E-state index contributed by atoms with van der Waals surface area (Å²) in [6.45, 7) is 7.98. The monoisotopic (exact) mass is 392 g/mol. The van der Waals surface area contributed by atoms with Crippen molar-refractivity contribution in [3.8, 4) is 0 Å². The smallest absolute Gasteiger partial charge is 0.132 e. The topological polar surface area (TPSA) is 55.5 Å². The van der Waals surface area contributed by atoms with E-state index in [1.807, 2.05) is 43.3 Å². The quantitative estimate of drug-likeness (QED) is 0.606. The Labute approximate surface area is 176 Å². The van der Waals surface area contributed by atoms with Gasteiger partial charge in [0.2, 0.25) is 0 Å². The summed E-state index contributed by atoms with van der Waals surface area (Å²) in [4.78, 5) is 14.9. The van der Waals surface area contributed by atoms with Gasteiger partial charge in [-0.2, -0.15) is 0 Å². The van der Waals surface area contributed by atoms with E-state index in [-0.39, 0.29) is 6.04 Å². The molecule has 2 aromatic rings. The third-order valence-electron chi connectivity index (χ3n) is 5.33. The van der Waals surface area contributed by atoms with Crippen molar-refractivity contribution in [2.45, 2.75) is 65.5 Å². The number of rotatable bonds is 5. The number of hydrogen-bond donors (Lipinski definition) is 1. The Kier molecular flexibility index (Phi) is 9.27. The minimum atomic E-state index is 0.159. The number of carbonyl (C=O) groups is 1. The Morgan fingerprint density at radius 3 is 1.59 bits per heavy atom. The van der Waals surface area contributed by atoms with Crippen molar-refractivity contribution in [3.63, 3.8) is 0 Å². The summed E-state index contributed by atoms with van der Waals surface area (Å²) < 4.78 is 0. The normalized spacial score (nSPS) is 17.8. The summed E-state index contributed by atoms with van der Waals surface area (Å²) in [5.41, 5.74) is 9.45. The van der Waals surface area contributed by atoms with Crippen molar-refractivity contribution < 1.29 is 4.79 Å². The van der Waals surface area contributed by atoms with Crippen LogP contribution in [0.1, 0.15) is 76.6 Å². The van der Waals surface area contributed by atoms with E-state index in [9.17, 15) is 4.79 Å². The molecule has 2 aliphatic rings. The number of aliphatic imine (C=N–C) groups is 1. The van der Waals surface area contributed by atoms with Crippen LogP contribution in [0.25, 0.3) is 0 Å². The van der Waals surface area contributed by atoms with Crippen molar-refractivity contribution in [1.29, 1.82) is 0 Å². The molecule has 0 heterocycles. The van der Waals surface area contributed by atoms with Crippen LogP contribution < -0.4 is 5.73 Å². The highest BCUT2D eigenvalue weighted by Gasteiger charge is 2.25. The molecule has 3 heteroatoms. The largest absolute Gasteiger partial charge is 0.324 e. The molecule has 0 aliphatic heterocycles. The summed E-state index contributed by atoms with van der Waals surface area (Å²) in [5, 5.41) is 0. The van der Waals surface area contributed by atoms with Gasteiger partial charge in [-0.3, -0.25) is 9.79 Å². The number of benzene rings is 2. The highest BCUT2D eigenvalue weighted by molar-refractivity contribution is 5.86. The van der Waals surface area contributed by atoms with Crippen molar-refractivity contribution >= 4 is 11.5 Å². The lowest BCUT2D eigenvalue weighted by atomic mass is 10.1. The van der Waals surface area contributed by atoms with E-state index in [4.69, 9.17) is 10.7 Å². The van der Waals surface area contributed by atoms with E-state index in [2.05, 4.69) is 38.1 Å². The lowest BCUT2D eigenvalue weighted by Gasteiger charge is -2.08. The first-order chi connectivity index (χ1) is 13.9. The Morgan fingerprint density at radius 2 is 1.28 bits per heavy atom. The van der Waals surface area contributed by atoms with Gasteiger partial charge in [-0.1, -0.05) is 60.7 Å². The van der Waals surface area contributed by atoms with Gasteiger partial charge in [-0.05, 0) is 70.4 Å². The van der Waals surface area contributed by atoms with Gasteiger partial charge < -0.3 is 5.73 Å². The van der Waals surface area contributed by atoms with Gasteiger partial charge >= 0.3 is 0 Å². The minimum Gasteiger partial charge on any atom is -0.324 e. The van der Waals surface area contributed by atoms with Gasteiger partial charge in [0.1, 0.15) is 5.78 Å². The molecule has 0 saturated heterocycles. The average molecular weight is 393 g/mol. The molecule has 3 nitrogen and oxygen atoms in total. The maximum absolute atomic E-state index is 10.2. The fourth-order valence-electron chi connectivity index (χ4n) is 2.96. The van der Waals surface area contributed by atoms with Crippen molar-refractivity contribution in [2.24, 2.45) is 22.6 Å². The zero-order valence-electron chi connectivity index (χ0n) is 18.3. The lowest BCUT2D eigenvalue weighted by molar-refractivity contribution is -0.118. The first-order valence-electron chi connectivity index (χ1n) is 10.8. The van der Waals surface area contributed by atoms with Crippen molar-refractivity contribution in [1.82, 2.24) is 0 Å². The van der Waals surface area contributed by atoms with E-state index in [0.717, 1.165) is 18.8 Å². The lowest BCUT2D eigenvalue weighted by Crippen LogP contribution is -2.03. The molecule has 2 fully saturated rings. The summed E-state index contributed by atoms with van der Waals surface area (Å²) in [6, 6.07) is 21.0. The highest BCUT2D eigenvalue weighted by atomic mass is 16.1. The second kappa shape index (κ2) is 11.7. The molecule has 29 heavy (non-hydrogen) atoms. The molecule has 2 aromatic carbocycles. The maximum Gasteiger partial charge on any atom is 0.132 e. The molecule has 0 radical (unpaired) electrons. The molecule has 4 rings (SSSR count). The number of hydrogen-bond acceptors (Lipinski definition) is 3. The molecule has 0 amide bonds. The molecule has 0 spiro atoms. The molecule has 0 aromatic heterocycles. The molecule has 2 atom stereocenters. The van der Waals surface area contributed by atoms with E-state index in [0.29, 0.717) is 17.7 Å². The number of Topliss-reactive ketones (excluding diaryl/α,β-unsaturated/α-hetero) is 1. The number of carbonyl (C=O) groups excluding carboxylic acids is 1. The second-order valence-corrected chi connectivity index (χ2v) is 8.22. The fourth-order valence-corrected chi connectivity index (χ4v) is 2.96. The third-order valence-corrected chi connectivity index (χ3v) is 5.33. The van der Waals surface area contributed by atoms with Crippen LogP contribution in [0.5, 0.6) is 0 Å². The predicted molar refractivity (Wildman–Crippen MR) is 123 cm³/mol. The standard InChI is InChI=1S/C13H17N.C8H11N.C5H8O/c1-10(12-6-4-3-5-7-12)14-11(2)13-8-9-13;1-7(9)8-5-3-2-4-6-8;1-4(6)5-2-3-5/h3-7,10,13H,8-9H2,1-2H3;2-7H,9H2,1H3;5H,2-3H2,1H3. The van der Waals surface area contributed by atoms with Gasteiger partial charge in [0.25, 0.3) is 0 Å². The minimum absolute atomic E-state index is 0.159. The summed E-state index contributed by atoms with van der Waals surface area (Å²) in [6.07, 6.45) is 4.98. The SMILES string of the molecule is CC(=NC(C)c1ccccc1)C1CC1.CC(=O)C1CC1.CC(N)c1ccccc1. The van der Waals surface area contributed by atoms with Crippen molar-refractivity contribution in [2.75, 3.05) is 0 Å². The predicted octanol–water partition coefficient (Wildman–Crippen LogP) is 6.31. The van der Waals surface area contributed by atoms with Gasteiger partial charge in [0, 0.05) is 17.7 Å². The zero-order chi connectivity index (χ0) is 21.2.